The van der Waals surface area contributed by atoms with Crippen molar-refractivity contribution in [3.05, 3.63) is 142 Å². The van der Waals surface area contributed by atoms with Gasteiger partial charge in [-0.1, -0.05) is 48.5 Å². The van der Waals surface area contributed by atoms with Gasteiger partial charge in [-0.3, -0.25) is 4.90 Å². The Bertz CT molecular complexity index is 855. The van der Waals surface area contributed by atoms with Gasteiger partial charge in [0, 0.05) is 31.8 Å². The molecule has 136 valence electrons. The molecular weight excluding hydrogens is 374 g/mol. The molecule has 30 heavy (non-hydrogen) atoms. The Morgan fingerprint density at radius 2 is 1.63 bits per heavy atom. The maximum Gasteiger partial charge on any atom is 0.361 e. The maximum absolute atomic E-state index is 10.8. The smallest absolute Gasteiger partial charge is 0.350 e. The summed E-state index contributed by atoms with van der Waals surface area (Å²) in [5.41, 5.74) is 4.39. The van der Waals surface area contributed by atoms with E-state index in [9.17, 15) is 9.90 Å². The van der Waals surface area contributed by atoms with Gasteiger partial charge in [-0.05, 0) is 27.8 Å². The first-order valence-corrected chi connectivity index (χ1v) is 8.76. The van der Waals surface area contributed by atoms with Crippen molar-refractivity contribution in [2.75, 3.05) is 0 Å². The molecule has 4 nitrogen and oxygen atoms in total. The maximum atomic E-state index is 10.8. The number of rotatable bonds is 7. The summed E-state index contributed by atoms with van der Waals surface area (Å²) < 4.78 is 5.08. The standard InChI is InChI=1S/C26H9NO3/c28-26(29)22-9-5-15-27(19-22)16-6-17-30-18-14-25-23-10-3-1-7-20(23)12-13-21-8-2-4-11-24(21)25/h1-4,7-8,10-11,22H/t22-/m1/s1. The van der Waals surface area contributed by atoms with Crippen molar-refractivity contribution in [1.29, 1.82) is 0 Å². The summed E-state index contributed by atoms with van der Waals surface area (Å²) >= 11 is 0. The van der Waals surface area contributed by atoms with E-state index in [0.29, 0.717) is 0 Å². The summed E-state index contributed by atoms with van der Waals surface area (Å²) in [7, 11) is 0. The van der Waals surface area contributed by atoms with E-state index in [1.165, 1.54) is 0 Å². The van der Waals surface area contributed by atoms with Crippen molar-refractivity contribution in [3.8, 4) is 0 Å². The van der Waals surface area contributed by atoms with Crippen LogP contribution < -0.4 is 0 Å². The molecule has 0 spiro atoms. The Morgan fingerprint density at radius 3 is 2.30 bits per heavy atom. The van der Waals surface area contributed by atoms with Gasteiger partial charge in [0.05, 0.1) is 32.0 Å². The van der Waals surface area contributed by atoms with E-state index in [2.05, 4.69) is 71.0 Å². The minimum Gasteiger partial charge on any atom is -0.350 e. The van der Waals surface area contributed by atoms with E-state index >= 15 is 0 Å². The number of benzene rings is 2. The number of hydrogen-bond donors (Lipinski definition) is 0. The molecule has 1 heterocycles. The SMILES string of the molecule is [O]C(=O)[C@@H]1[C][C][C]N([C][C][C]O[C][C]=C2c3ccccc3[C][C]c3ccccc32)[C]1. The number of carbonyl (C=O) groups is 1. The predicted octanol–water partition coefficient (Wildman–Crippen LogP) is 3.14. The molecule has 0 unspecified atom stereocenters. The van der Waals surface area contributed by atoms with E-state index < -0.39 is 11.9 Å². The van der Waals surface area contributed by atoms with Gasteiger partial charge in [0.25, 0.3) is 0 Å². The Morgan fingerprint density at radius 1 is 0.967 bits per heavy atom. The lowest BCUT2D eigenvalue weighted by atomic mass is 9.94. The van der Waals surface area contributed by atoms with E-state index in [1.54, 1.807) is 0 Å². The lowest BCUT2D eigenvalue weighted by Crippen LogP contribution is -2.30. The third-order valence-corrected chi connectivity index (χ3v) is 4.10. The van der Waals surface area contributed by atoms with Gasteiger partial charge in [-0.15, -0.1) is 0 Å². The van der Waals surface area contributed by atoms with E-state index in [0.717, 1.165) is 32.7 Å². The summed E-state index contributed by atoms with van der Waals surface area (Å²) in [6, 6.07) is 15.5. The average Bonchev–Trinajstić information content (AvgIpc) is 2.93. The van der Waals surface area contributed by atoms with Crippen molar-refractivity contribution < 1.29 is 14.6 Å². The number of nitrogens with zero attached hydrogens (tertiary/aromatic N) is 1. The highest BCUT2D eigenvalue weighted by Gasteiger charge is 2.29. The number of fused-ring (bicyclic) bond motifs is 2. The third-order valence-electron chi connectivity index (χ3n) is 4.10. The van der Waals surface area contributed by atoms with Gasteiger partial charge in [-0.25, -0.2) is 9.90 Å². The van der Waals surface area contributed by atoms with Crippen LogP contribution in [0.2, 0.25) is 0 Å². The first-order valence-electron chi connectivity index (χ1n) is 8.76. The predicted molar refractivity (Wildman–Crippen MR) is 101 cm³/mol. The van der Waals surface area contributed by atoms with Crippen molar-refractivity contribution in [3.63, 3.8) is 0 Å². The van der Waals surface area contributed by atoms with Crippen LogP contribution in [0.1, 0.15) is 22.3 Å². The monoisotopic (exact) mass is 383 g/mol. The summed E-state index contributed by atoms with van der Waals surface area (Å²) in [5, 5.41) is 10.8. The molecule has 1 aliphatic heterocycles. The summed E-state index contributed by atoms with van der Waals surface area (Å²) in [6.45, 7) is 12.5. The van der Waals surface area contributed by atoms with Crippen molar-refractivity contribution in [1.82, 2.24) is 4.90 Å². The van der Waals surface area contributed by atoms with Gasteiger partial charge in [0.2, 0.25) is 0 Å². The van der Waals surface area contributed by atoms with Crippen LogP contribution >= 0.6 is 0 Å². The van der Waals surface area contributed by atoms with Gasteiger partial charge in [0.1, 0.15) is 6.61 Å². The second kappa shape index (κ2) is 10.1. The Labute approximate surface area is 179 Å². The van der Waals surface area contributed by atoms with Crippen LogP contribution in [0, 0.1) is 76.9 Å². The molecule has 1 saturated heterocycles. The van der Waals surface area contributed by atoms with Crippen LogP contribution in [-0.2, 0) is 14.6 Å². The van der Waals surface area contributed by atoms with Crippen molar-refractivity contribution in [2.24, 2.45) is 5.92 Å². The Kier molecular flexibility index (Phi) is 6.98. The molecule has 1 aliphatic carbocycles. The highest BCUT2D eigenvalue weighted by atomic mass is 16.5. The number of likely N-dealkylation sites (tertiary alicyclic amines) is 1. The lowest BCUT2D eigenvalue weighted by molar-refractivity contribution is -0.146. The molecule has 0 aromatic heterocycles. The fourth-order valence-corrected chi connectivity index (χ4v) is 2.77. The van der Waals surface area contributed by atoms with Crippen LogP contribution in [0.25, 0.3) is 5.57 Å². The zero-order chi connectivity index (χ0) is 20.8. The lowest BCUT2D eigenvalue weighted by Gasteiger charge is -2.25. The topological polar surface area (TPSA) is 49.4 Å². The van der Waals surface area contributed by atoms with Gasteiger partial charge >= 0.3 is 5.97 Å². The van der Waals surface area contributed by atoms with E-state index in [1.807, 2.05) is 48.5 Å². The van der Waals surface area contributed by atoms with Gasteiger partial charge in [0.15, 0.2) is 6.61 Å². The quantitative estimate of drug-likeness (QED) is 0.691. The highest BCUT2D eigenvalue weighted by Crippen LogP contribution is 2.34. The van der Waals surface area contributed by atoms with Gasteiger partial charge in [-0.2, -0.15) is 0 Å². The van der Waals surface area contributed by atoms with Crippen molar-refractivity contribution >= 4 is 11.5 Å². The van der Waals surface area contributed by atoms with Crippen molar-refractivity contribution in [2.45, 2.75) is 0 Å². The highest BCUT2D eigenvalue weighted by molar-refractivity contribution is 5.85. The molecule has 0 amide bonds. The molecule has 4 heteroatoms. The van der Waals surface area contributed by atoms with Crippen LogP contribution in [0.15, 0.2) is 48.5 Å². The number of carbonyl (C=O) groups excluding carboxylic acids is 1. The molecule has 4 rings (SSSR count). The van der Waals surface area contributed by atoms with Crippen LogP contribution in [-0.4, -0.2) is 10.9 Å². The molecule has 1 atom stereocenters. The first-order chi connectivity index (χ1) is 14.7. The fraction of sp³-hybridized carbons (Fsp3) is 0.0385. The Balaban J connectivity index is 1.34. The average molecular weight is 383 g/mol. The number of hydrogen-bond acceptors (Lipinski definition) is 3. The minimum absolute atomic E-state index is 0.778. The Hall–Kier alpha value is -2.43. The molecule has 22 radical (unpaired) electrons. The molecule has 2 aliphatic rings. The van der Waals surface area contributed by atoms with Crippen LogP contribution in [0.4, 0.5) is 0 Å². The first kappa shape index (κ1) is 20.8. The third kappa shape index (κ3) is 5.00. The molecular formula is C26H9NO3. The van der Waals surface area contributed by atoms with Gasteiger partial charge < -0.3 is 4.74 Å². The molecule has 2 aromatic carbocycles. The van der Waals surface area contributed by atoms with E-state index in [4.69, 9.17) is 4.74 Å². The summed E-state index contributed by atoms with van der Waals surface area (Å²) in [6.07, 6.45) is 16.6. The van der Waals surface area contributed by atoms with E-state index in [-0.39, 0.29) is 0 Å². The molecule has 0 bridgehead atoms. The van der Waals surface area contributed by atoms with Crippen LogP contribution in [0.5, 0.6) is 0 Å². The molecule has 0 N–H and O–H groups in total. The zero-order valence-corrected chi connectivity index (χ0v) is 15.4. The second-order valence-electron chi connectivity index (χ2n) is 5.98. The number of piperidine rings is 1. The normalized spacial score (nSPS) is 18.9. The zero-order valence-electron chi connectivity index (χ0n) is 15.4. The molecule has 0 saturated carbocycles. The molecule has 1 fully saturated rings. The summed E-state index contributed by atoms with van der Waals surface area (Å²) in [5.74, 6) is -2.51. The molecule has 2 aromatic rings. The largest absolute Gasteiger partial charge is 0.361 e. The van der Waals surface area contributed by atoms with Crippen LogP contribution in [0.3, 0.4) is 0 Å². The number of ether oxygens (including phenoxy) is 1. The minimum atomic E-state index is -1.35. The second-order valence-corrected chi connectivity index (χ2v) is 5.98. The fourth-order valence-electron chi connectivity index (χ4n) is 2.77. The summed E-state index contributed by atoms with van der Waals surface area (Å²) in [4.78, 5) is 11.9.